The van der Waals surface area contributed by atoms with Crippen LogP contribution in [0.1, 0.15) is 18.1 Å². The molecular formula is C15H15BrFN. The molecule has 2 rings (SSSR count). The van der Waals surface area contributed by atoms with Gasteiger partial charge >= 0.3 is 0 Å². The van der Waals surface area contributed by atoms with Gasteiger partial charge in [0.2, 0.25) is 0 Å². The van der Waals surface area contributed by atoms with Gasteiger partial charge in [-0.15, -0.1) is 0 Å². The molecule has 0 aromatic heterocycles. The SMILES string of the molecule is CC(N)(Cc1ccc(F)c(Br)c1)c1ccccc1. The first-order chi connectivity index (χ1) is 8.49. The Bertz CT molecular complexity index is 537. The summed E-state index contributed by atoms with van der Waals surface area (Å²) >= 11 is 3.19. The number of rotatable bonds is 3. The smallest absolute Gasteiger partial charge is 0.137 e. The van der Waals surface area contributed by atoms with Crippen molar-refractivity contribution in [3.8, 4) is 0 Å². The van der Waals surface area contributed by atoms with Gasteiger partial charge in [-0.2, -0.15) is 0 Å². The van der Waals surface area contributed by atoms with Gasteiger partial charge in [0.05, 0.1) is 4.47 Å². The summed E-state index contributed by atoms with van der Waals surface area (Å²) in [7, 11) is 0. The largest absolute Gasteiger partial charge is 0.321 e. The van der Waals surface area contributed by atoms with Crippen molar-refractivity contribution >= 4 is 15.9 Å². The minimum atomic E-state index is -0.460. The molecule has 1 unspecified atom stereocenters. The number of nitrogens with two attached hydrogens (primary N) is 1. The summed E-state index contributed by atoms with van der Waals surface area (Å²) in [6.07, 6.45) is 0.663. The lowest BCUT2D eigenvalue weighted by molar-refractivity contribution is 0.490. The number of hydrogen-bond acceptors (Lipinski definition) is 1. The zero-order chi connectivity index (χ0) is 13.2. The van der Waals surface area contributed by atoms with Crippen LogP contribution in [0.15, 0.2) is 53.0 Å². The molecular weight excluding hydrogens is 293 g/mol. The third-order valence-electron chi connectivity index (χ3n) is 2.99. The molecule has 0 heterocycles. The Balaban J connectivity index is 2.25. The molecule has 0 aliphatic heterocycles. The van der Waals surface area contributed by atoms with Crippen LogP contribution in [-0.4, -0.2) is 0 Å². The molecule has 0 saturated carbocycles. The normalized spacial score (nSPS) is 14.2. The van der Waals surface area contributed by atoms with E-state index < -0.39 is 5.54 Å². The van der Waals surface area contributed by atoms with Gasteiger partial charge in [0.1, 0.15) is 5.82 Å². The standard InChI is InChI=1S/C15H15BrFN/c1-15(18,12-5-3-2-4-6-12)10-11-7-8-14(17)13(16)9-11/h2-9H,10,18H2,1H3. The molecule has 3 heteroatoms. The Morgan fingerprint density at radius 1 is 1.17 bits per heavy atom. The van der Waals surface area contributed by atoms with Gasteiger partial charge in [0.15, 0.2) is 0 Å². The lowest BCUT2D eigenvalue weighted by Crippen LogP contribution is -2.35. The molecule has 0 fully saturated rings. The van der Waals surface area contributed by atoms with Crippen LogP contribution in [0.4, 0.5) is 4.39 Å². The molecule has 0 aliphatic carbocycles. The van der Waals surface area contributed by atoms with Crippen LogP contribution < -0.4 is 5.73 Å². The van der Waals surface area contributed by atoms with Crippen molar-refractivity contribution in [2.45, 2.75) is 18.9 Å². The molecule has 18 heavy (non-hydrogen) atoms. The minimum Gasteiger partial charge on any atom is -0.321 e. The van der Waals surface area contributed by atoms with Gasteiger partial charge < -0.3 is 5.73 Å². The Morgan fingerprint density at radius 3 is 2.44 bits per heavy atom. The van der Waals surface area contributed by atoms with Crippen LogP contribution in [0, 0.1) is 5.82 Å². The summed E-state index contributed by atoms with van der Waals surface area (Å²) in [4.78, 5) is 0. The van der Waals surface area contributed by atoms with Crippen molar-refractivity contribution in [2.75, 3.05) is 0 Å². The summed E-state index contributed by atoms with van der Waals surface area (Å²) in [5.74, 6) is -0.253. The summed E-state index contributed by atoms with van der Waals surface area (Å²) in [5, 5.41) is 0. The predicted octanol–water partition coefficient (Wildman–Crippen LogP) is 4.00. The highest BCUT2D eigenvalue weighted by atomic mass is 79.9. The number of hydrogen-bond donors (Lipinski definition) is 1. The highest BCUT2D eigenvalue weighted by molar-refractivity contribution is 9.10. The summed E-state index contributed by atoms with van der Waals surface area (Å²) in [6, 6.07) is 14.9. The van der Waals surface area contributed by atoms with Gasteiger partial charge in [-0.1, -0.05) is 36.4 Å². The Hall–Kier alpha value is -1.19. The summed E-state index contributed by atoms with van der Waals surface area (Å²) in [6.45, 7) is 1.99. The predicted molar refractivity (Wildman–Crippen MR) is 75.8 cm³/mol. The number of halogens is 2. The fourth-order valence-corrected chi connectivity index (χ4v) is 2.42. The second kappa shape index (κ2) is 5.21. The molecule has 0 aliphatic rings. The zero-order valence-corrected chi connectivity index (χ0v) is 11.7. The first-order valence-corrected chi connectivity index (χ1v) is 6.57. The van der Waals surface area contributed by atoms with Crippen LogP contribution in [0.25, 0.3) is 0 Å². The molecule has 1 nitrogen and oxygen atoms in total. The van der Waals surface area contributed by atoms with E-state index >= 15 is 0 Å². The van der Waals surface area contributed by atoms with E-state index in [2.05, 4.69) is 15.9 Å². The molecule has 2 N–H and O–H groups in total. The maximum atomic E-state index is 13.2. The average Bonchev–Trinajstić information content (AvgIpc) is 2.35. The maximum Gasteiger partial charge on any atom is 0.137 e. The highest BCUT2D eigenvalue weighted by Crippen LogP contribution is 2.25. The highest BCUT2D eigenvalue weighted by Gasteiger charge is 2.21. The van der Waals surface area contributed by atoms with Crippen molar-refractivity contribution in [2.24, 2.45) is 5.73 Å². The second-order valence-electron chi connectivity index (χ2n) is 4.71. The van der Waals surface area contributed by atoms with Gasteiger partial charge in [-0.25, -0.2) is 4.39 Å². The molecule has 0 bridgehead atoms. The first kappa shape index (κ1) is 13.2. The molecule has 0 saturated heterocycles. The summed E-state index contributed by atoms with van der Waals surface area (Å²) < 4.78 is 13.7. The van der Waals surface area contributed by atoms with Gasteiger partial charge in [0.25, 0.3) is 0 Å². The van der Waals surface area contributed by atoms with Gasteiger partial charge in [-0.3, -0.25) is 0 Å². The van der Waals surface area contributed by atoms with E-state index in [0.717, 1.165) is 11.1 Å². The van der Waals surface area contributed by atoms with Crippen LogP contribution in [-0.2, 0) is 12.0 Å². The Kier molecular flexibility index (Phi) is 3.83. The average molecular weight is 308 g/mol. The lowest BCUT2D eigenvalue weighted by Gasteiger charge is -2.25. The van der Waals surface area contributed by atoms with Crippen LogP contribution in [0.3, 0.4) is 0 Å². The van der Waals surface area contributed by atoms with E-state index in [1.165, 1.54) is 6.07 Å². The Morgan fingerprint density at radius 2 is 1.83 bits per heavy atom. The monoisotopic (exact) mass is 307 g/mol. The maximum absolute atomic E-state index is 13.2. The lowest BCUT2D eigenvalue weighted by atomic mass is 9.87. The fourth-order valence-electron chi connectivity index (χ4n) is 1.99. The molecule has 0 radical (unpaired) electrons. The van der Waals surface area contributed by atoms with Crippen LogP contribution >= 0.6 is 15.9 Å². The van der Waals surface area contributed by atoms with E-state index in [0.29, 0.717) is 10.9 Å². The van der Waals surface area contributed by atoms with Crippen molar-refractivity contribution in [1.82, 2.24) is 0 Å². The van der Waals surface area contributed by atoms with E-state index in [4.69, 9.17) is 5.73 Å². The van der Waals surface area contributed by atoms with Crippen molar-refractivity contribution in [3.63, 3.8) is 0 Å². The molecule has 0 amide bonds. The third kappa shape index (κ3) is 2.98. The Labute approximate surface area is 115 Å². The molecule has 2 aromatic rings. The van der Waals surface area contributed by atoms with Crippen molar-refractivity contribution < 1.29 is 4.39 Å². The minimum absolute atomic E-state index is 0.253. The molecule has 2 aromatic carbocycles. The molecule has 0 spiro atoms. The molecule has 1 atom stereocenters. The van der Waals surface area contributed by atoms with E-state index in [-0.39, 0.29) is 5.82 Å². The van der Waals surface area contributed by atoms with Crippen LogP contribution in [0.5, 0.6) is 0 Å². The molecule has 94 valence electrons. The van der Waals surface area contributed by atoms with E-state index in [1.54, 1.807) is 12.1 Å². The van der Waals surface area contributed by atoms with Crippen molar-refractivity contribution in [1.29, 1.82) is 0 Å². The second-order valence-corrected chi connectivity index (χ2v) is 5.56. The van der Waals surface area contributed by atoms with Gasteiger partial charge in [-0.05, 0) is 52.5 Å². The topological polar surface area (TPSA) is 26.0 Å². The third-order valence-corrected chi connectivity index (χ3v) is 3.60. The van der Waals surface area contributed by atoms with E-state index in [9.17, 15) is 4.39 Å². The first-order valence-electron chi connectivity index (χ1n) is 5.77. The zero-order valence-electron chi connectivity index (χ0n) is 10.2. The van der Waals surface area contributed by atoms with E-state index in [1.807, 2.05) is 37.3 Å². The number of benzene rings is 2. The van der Waals surface area contributed by atoms with Crippen LogP contribution in [0.2, 0.25) is 0 Å². The summed E-state index contributed by atoms with van der Waals surface area (Å²) in [5.41, 5.74) is 7.98. The quantitative estimate of drug-likeness (QED) is 0.911. The van der Waals surface area contributed by atoms with Gasteiger partial charge in [0, 0.05) is 5.54 Å². The fraction of sp³-hybridized carbons (Fsp3) is 0.200. The van der Waals surface area contributed by atoms with Crippen molar-refractivity contribution in [3.05, 3.63) is 69.9 Å².